The van der Waals surface area contributed by atoms with Crippen molar-refractivity contribution >= 4 is 33.4 Å². The summed E-state index contributed by atoms with van der Waals surface area (Å²) < 4.78 is 24.3. The van der Waals surface area contributed by atoms with Gasteiger partial charge in [-0.2, -0.15) is 5.10 Å². The predicted octanol–water partition coefficient (Wildman–Crippen LogP) is 1.85. The monoisotopic (exact) mass is 416 g/mol. The Labute approximate surface area is 166 Å². The van der Waals surface area contributed by atoms with Crippen molar-refractivity contribution in [2.45, 2.75) is 33.2 Å². The molecule has 1 amide bonds. The maximum Gasteiger partial charge on any atom is 0.246 e. The Kier molecular flexibility index (Phi) is 7.88. The number of unbranched alkanes of at least 4 members (excludes halogenated alkanes) is 1. The molecular weight excluding hydrogens is 388 g/mol. The summed E-state index contributed by atoms with van der Waals surface area (Å²) >= 11 is 6.39. The van der Waals surface area contributed by atoms with Gasteiger partial charge in [0.1, 0.15) is 15.0 Å². The highest BCUT2D eigenvalue weighted by Crippen LogP contribution is 2.22. The standard InChI is InChI=1S/C18H29ClN4O3S/c1-4-5-8-23-18(19)16(15(2)20-23)6-7-17(24)22-11-9-21(10-12-22)13-14-27(3,25)26/h6-7H,4-5,8-14H2,1-3H3/b7-6+. The highest BCUT2D eigenvalue weighted by molar-refractivity contribution is 7.90. The molecule has 0 aliphatic carbocycles. The first-order valence-electron chi connectivity index (χ1n) is 9.31. The molecule has 1 aliphatic heterocycles. The number of rotatable bonds is 8. The number of aromatic nitrogens is 2. The molecule has 0 unspecified atom stereocenters. The number of nitrogens with zero attached hydrogens (tertiary/aromatic N) is 4. The van der Waals surface area contributed by atoms with Crippen LogP contribution in [0.25, 0.3) is 6.08 Å². The van der Waals surface area contributed by atoms with E-state index in [2.05, 4.69) is 16.9 Å². The summed E-state index contributed by atoms with van der Waals surface area (Å²) in [5.41, 5.74) is 1.60. The molecule has 0 bridgehead atoms. The molecule has 0 aromatic carbocycles. The van der Waals surface area contributed by atoms with Crippen LogP contribution in [0.15, 0.2) is 6.08 Å². The summed E-state index contributed by atoms with van der Waals surface area (Å²) in [6.07, 6.45) is 6.61. The van der Waals surface area contributed by atoms with Gasteiger partial charge in [0.2, 0.25) is 5.91 Å². The molecular formula is C18H29ClN4O3S. The van der Waals surface area contributed by atoms with Crippen molar-refractivity contribution in [3.63, 3.8) is 0 Å². The lowest BCUT2D eigenvalue weighted by atomic mass is 10.2. The van der Waals surface area contributed by atoms with E-state index in [4.69, 9.17) is 11.6 Å². The fourth-order valence-electron chi connectivity index (χ4n) is 2.96. The van der Waals surface area contributed by atoms with Crippen molar-refractivity contribution in [3.8, 4) is 0 Å². The van der Waals surface area contributed by atoms with Gasteiger partial charge in [0.05, 0.1) is 11.4 Å². The Balaban J connectivity index is 1.90. The molecule has 2 heterocycles. The van der Waals surface area contributed by atoms with E-state index in [0.29, 0.717) is 37.9 Å². The Morgan fingerprint density at radius 3 is 2.48 bits per heavy atom. The summed E-state index contributed by atoms with van der Waals surface area (Å²) in [7, 11) is -2.96. The van der Waals surface area contributed by atoms with E-state index in [0.717, 1.165) is 30.6 Å². The number of amides is 1. The number of carbonyl (C=O) groups is 1. The Hall–Kier alpha value is -1.38. The second-order valence-corrected chi connectivity index (χ2v) is 9.61. The zero-order valence-electron chi connectivity index (χ0n) is 16.3. The van der Waals surface area contributed by atoms with Gasteiger partial charge in [0, 0.05) is 57.2 Å². The lowest BCUT2D eigenvalue weighted by molar-refractivity contribution is -0.127. The van der Waals surface area contributed by atoms with Gasteiger partial charge in [-0.15, -0.1) is 0 Å². The molecule has 1 aromatic rings. The molecule has 0 radical (unpaired) electrons. The summed E-state index contributed by atoms with van der Waals surface area (Å²) in [6.45, 7) is 7.85. The number of aryl methyl sites for hydroxylation is 2. The number of halogens is 1. The molecule has 2 rings (SSSR count). The van der Waals surface area contributed by atoms with Crippen molar-refractivity contribution in [1.82, 2.24) is 19.6 Å². The molecule has 0 spiro atoms. The first-order chi connectivity index (χ1) is 12.7. The first kappa shape index (κ1) is 21.9. The molecule has 7 nitrogen and oxygen atoms in total. The molecule has 0 atom stereocenters. The van der Waals surface area contributed by atoms with Crippen molar-refractivity contribution in [1.29, 1.82) is 0 Å². The highest BCUT2D eigenvalue weighted by atomic mass is 35.5. The van der Waals surface area contributed by atoms with E-state index in [-0.39, 0.29) is 11.7 Å². The molecule has 9 heteroatoms. The van der Waals surface area contributed by atoms with Crippen LogP contribution >= 0.6 is 11.6 Å². The van der Waals surface area contributed by atoms with Crippen LogP contribution in [0.2, 0.25) is 5.15 Å². The Morgan fingerprint density at radius 2 is 1.89 bits per heavy atom. The molecule has 152 valence electrons. The minimum atomic E-state index is -2.96. The van der Waals surface area contributed by atoms with E-state index in [1.807, 2.05) is 6.92 Å². The van der Waals surface area contributed by atoms with Gasteiger partial charge in [-0.1, -0.05) is 24.9 Å². The summed E-state index contributed by atoms with van der Waals surface area (Å²) in [5.74, 6) is 0.0928. The minimum absolute atomic E-state index is 0.0606. The third kappa shape index (κ3) is 6.62. The van der Waals surface area contributed by atoms with Crippen molar-refractivity contribution in [2.24, 2.45) is 0 Å². The van der Waals surface area contributed by atoms with Gasteiger partial charge < -0.3 is 4.90 Å². The van der Waals surface area contributed by atoms with Crippen LogP contribution < -0.4 is 0 Å². The summed E-state index contributed by atoms with van der Waals surface area (Å²) in [6, 6.07) is 0. The SMILES string of the molecule is CCCCn1nc(C)c(/C=C/C(=O)N2CCN(CCS(C)(=O)=O)CC2)c1Cl. The van der Waals surface area contributed by atoms with E-state index in [9.17, 15) is 13.2 Å². The number of carbonyl (C=O) groups excluding carboxylic acids is 1. The quantitative estimate of drug-likeness (QED) is 0.604. The van der Waals surface area contributed by atoms with E-state index in [1.54, 1.807) is 21.7 Å². The van der Waals surface area contributed by atoms with Crippen LogP contribution in [0.3, 0.4) is 0 Å². The molecule has 27 heavy (non-hydrogen) atoms. The Bertz CT molecular complexity index is 781. The van der Waals surface area contributed by atoms with Gasteiger partial charge in [0.15, 0.2) is 0 Å². The predicted molar refractivity (Wildman–Crippen MR) is 109 cm³/mol. The largest absolute Gasteiger partial charge is 0.337 e. The van der Waals surface area contributed by atoms with Gasteiger partial charge in [-0.25, -0.2) is 8.42 Å². The maximum absolute atomic E-state index is 12.5. The van der Waals surface area contributed by atoms with Crippen LogP contribution in [0.1, 0.15) is 31.0 Å². The van der Waals surface area contributed by atoms with Crippen molar-refractivity contribution in [3.05, 3.63) is 22.5 Å². The molecule has 1 saturated heterocycles. The minimum Gasteiger partial charge on any atom is -0.337 e. The zero-order chi connectivity index (χ0) is 20.0. The molecule has 0 saturated carbocycles. The van der Waals surface area contributed by atoms with Gasteiger partial charge in [-0.05, 0) is 19.4 Å². The molecule has 1 aromatic heterocycles. The molecule has 1 aliphatic rings. The van der Waals surface area contributed by atoms with Crippen LogP contribution in [-0.4, -0.2) is 78.6 Å². The van der Waals surface area contributed by atoms with Crippen molar-refractivity contribution < 1.29 is 13.2 Å². The average Bonchev–Trinajstić information content (AvgIpc) is 2.89. The smallest absolute Gasteiger partial charge is 0.246 e. The summed E-state index contributed by atoms with van der Waals surface area (Å²) in [4.78, 5) is 16.3. The maximum atomic E-state index is 12.5. The van der Waals surface area contributed by atoms with E-state index < -0.39 is 9.84 Å². The van der Waals surface area contributed by atoms with Gasteiger partial charge in [-0.3, -0.25) is 14.4 Å². The zero-order valence-corrected chi connectivity index (χ0v) is 17.9. The first-order valence-corrected chi connectivity index (χ1v) is 11.7. The number of hydrogen-bond donors (Lipinski definition) is 0. The highest BCUT2D eigenvalue weighted by Gasteiger charge is 2.20. The average molecular weight is 417 g/mol. The normalized spacial score (nSPS) is 16.4. The third-order valence-corrected chi connectivity index (χ3v) is 6.01. The molecule has 1 fully saturated rings. The molecule has 0 N–H and O–H groups in total. The van der Waals surface area contributed by atoms with Crippen LogP contribution in [-0.2, 0) is 21.2 Å². The van der Waals surface area contributed by atoms with Crippen LogP contribution in [0, 0.1) is 6.92 Å². The number of sulfone groups is 1. The lowest BCUT2D eigenvalue weighted by Crippen LogP contribution is -2.49. The van der Waals surface area contributed by atoms with Gasteiger partial charge in [0.25, 0.3) is 0 Å². The fraction of sp³-hybridized carbons (Fsp3) is 0.667. The number of piperazine rings is 1. The third-order valence-electron chi connectivity index (χ3n) is 4.69. The fourth-order valence-corrected chi connectivity index (χ4v) is 3.87. The number of hydrogen-bond acceptors (Lipinski definition) is 5. The topological polar surface area (TPSA) is 75.5 Å². The second kappa shape index (κ2) is 9.71. The lowest BCUT2D eigenvalue weighted by Gasteiger charge is -2.34. The van der Waals surface area contributed by atoms with E-state index >= 15 is 0 Å². The Morgan fingerprint density at radius 1 is 1.22 bits per heavy atom. The van der Waals surface area contributed by atoms with Crippen LogP contribution in [0.4, 0.5) is 0 Å². The summed E-state index contributed by atoms with van der Waals surface area (Å²) in [5, 5.41) is 5.01. The van der Waals surface area contributed by atoms with E-state index in [1.165, 1.54) is 6.26 Å². The van der Waals surface area contributed by atoms with Crippen molar-refractivity contribution in [2.75, 3.05) is 44.7 Å². The van der Waals surface area contributed by atoms with Crippen LogP contribution in [0.5, 0.6) is 0 Å². The second-order valence-electron chi connectivity index (χ2n) is 7.00. The van der Waals surface area contributed by atoms with Gasteiger partial charge >= 0.3 is 0 Å².